The molecule has 0 fully saturated rings. The van der Waals surface area contributed by atoms with Gasteiger partial charge in [-0.25, -0.2) is 4.79 Å². The highest BCUT2D eigenvalue weighted by molar-refractivity contribution is 5.73. The van der Waals surface area contributed by atoms with Crippen molar-refractivity contribution >= 4 is 11.7 Å². The van der Waals surface area contributed by atoms with Crippen LogP contribution in [0.15, 0.2) is 16.9 Å². The van der Waals surface area contributed by atoms with Gasteiger partial charge in [0.1, 0.15) is 6.04 Å². The molecule has 1 aromatic rings. The molecule has 1 atom stereocenters. The Morgan fingerprint density at radius 3 is 2.59 bits per heavy atom. The molecule has 1 aromatic heterocycles. The minimum absolute atomic E-state index is 0.457. The molecule has 17 heavy (non-hydrogen) atoms. The van der Waals surface area contributed by atoms with E-state index < -0.39 is 28.2 Å². The summed E-state index contributed by atoms with van der Waals surface area (Å²) in [7, 11) is 1.19. The summed E-state index contributed by atoms with van der Waals surface area (Å²) in [6.07, 6.45) is 0. The van der Waals surface area contributed by atoms with Crippen molar-refractivity contribution < 1.29 is 14.5 Å². The van der Waals surface area contributed by atoms with Gasteiger partial charge in [0.05, 0.1) is 12.0 Å². The second kappa shape index (κ2) is 4.77. The van der Waals surface area contributed by atoms with Crippen LogP contribution >= 0.6 is 0 Å². The average molecular weight is 240 g/mol. The smallest absolute Gasteiger partial charge is 0.334 e. The zero-order chi connectivity index (χ0) is 13.2. The Morgan fingerprint density at radius 1 is 1.53 bits per heavy atom. The lowest BCUT2D eigenvalue weighted by atomic mass is 10.2. The fraction of sp³-hybridized carbons (Fsp3) is 0.400. The van der Waals surface area contributed by atoms with E-state index in [9.17, 15) is 19.7 Å². The number of hydrogen-bond acceptors (Lipinski definition) is 5. The number of ether oxygens (including phenoxy) is 1. The molecule has 1 heterocycles. The number of nitro groups is 1. The van der Waals surface area contributed by atoms with Gasteiger partial charge in [0.25, 0.3) is 0 Å². The van der Waals surface area contributed by atoms with Crippen LogP contribution in [0.4, 0.5) is 5.69 Å². The van der Waals surface area contributed by atoms with Gasteiger partial charge in [0.15, 0.2) is 0 Å². The molecule has 0 aliphatic heterocycles. The van der Waals surface area contributed by atoms with Crippen LogP contribution in [0.2, 0.25) is 0 Å². The molecule has 92 valence electrons. The number of nitrogens with zero attached hydrogens (tertiary/aromatic N) is 2. The van der Waals surface area contributed by atoms with Crippen LogP contribution in [0.5, 0.6) is 0 Å². The second-order valence-corrected chi connectivity index (χ2v) is 3.49. The van der Waals surface area contributed by atoms with Crippen molar-refractivity contribution in [2.24, 2.45) is 0 Å². The number of carbonyl (C=O) groups is 1. The maximum atomic E-state index is 11.8. The Hall–Kier alpha value is -2.18. The molecule has 0 bridgehead atoms. The van der Waals surface area contributed by atoms with Gasteiger partial charge >= 0.3 is 17.2 Å². The first-order valence-corrected chi connectivity index (χ1v) is 4.84. The standard InChI is InChI=1S/C10H12N2O5/c1-6-4-5-8(12(15)16)9(13)11(6)7(2)10(14)17-3/h4-5,7H,1-3H3. The topological polar surface area (TPSA) is 91.4 Å². The molecule has 0 spiro atoms. The maximum Gasteiger partial charge on any atom is 0.334 e. The van der Waals surface area contributed by atoms with Crippen LogP contribution in [0, 0.1) is 17.0 Å². The first-order valence-electron chi connectivity index (χ1n) is 4.84. The third-order valence-electron chi connectivity index (χ3n) is 2.43. The van der Waals surface area contributed by atoms with Gasteiger partial charge in [-0.1, -0.05) is 0 Å². The van der Waals surface area contributed by atoms with E-state index in [-0.39, 0.29) is 0 Å². The Kier molecular flexibility index (Phi) is 3.62. The van der Waals surface area contributed by atoms with Crippen LogP contribution in [0.1, 0.15) is 18.7 Å². The predicted octanol–water partition coefficient (Wildman–Crippen LogP) is 0.799. The molecule has 0 aliphatic carbocycles. The quantitative estimate of drug-likeness (QED) is 0.442. The Balaban J connectivity index is 3.42. The zero-order valence-corrected chi connectivity index (χ0v) is 9.67. The van der Waals surface area contributed by atoms with Crippen molar-refractivity contribution in [2.45, 2.75) is 19.9 Å². The number of esters is 1. The van der Waals surface area contributed by atoms with Crippen molar-refractivity contribution in [1.29, 1.82) is 0 Å². The lowest BCUT2D eigenvalue weighted by Crippen LogP contribution is -2.31. The summed E-state index contributed by atoms with van der Waals surface area (Å²) < 4.78 is 5.55. The van der Waals surface area contributed by atoms with E-state index in [0.29, 0.717) is 5.69 Å². The van der Waals surface area contributed by atoms with Crippen molar-refractivity contribution in [3.63, 3.8) is 0 Å². The highest BCUT2D eigenvalue weighted by Crippen LogP contribution is 2.12. The maximum absolute atomic E-state index is 11.8. The molecule has 0 saturated carbocycles. The van der Waals surface area contributed by atoms with Gasteiger partial charge in [-0.2, -0.15) is 0 Å². The van der Waals surface area contributed by atoms with Crippen LogP contribution in [-0.4, -0.2) is 22.6 Å². The van der Waals surface area contributed by atoms with E-state index in [1.54, 1.807) is 6.92 Å². The van der Waals surface area contributed by atoms with Crippen molar-refractivity contribution in [3.05, 3.63) is 38.3 Å². The third kappa shape index (κ3) is 2.32. The monoisotopic (exact) mass is 240 g/mol. The van der Waals surface area contributed by atoms with Gasteiger partial charge in [-0.05, 0) is 19.9 Å². The molecule has 0 N–H and O–H groups in total. The number of carbonyl (C=O) groups excluding carboxylic acids is 1. The summed E-state index contributed by atoms with van der Waals surface area (Å²) in [4.78, 5) is 33.0. The van der Waals surface area contributed by atoms with Crippen molar-refractivity contribution in [3.8, 4) is 0 Å². The molecule has 0 saturated heterocycles. The highest BCUT2D eigenvalue weighted by atomic mass is 16.6. The zero-order valence-electron chi connectivity index (χ0n) is 9.67. The normalized spacial score (nSPS) is 11.9. The largest absolute Gasteiger partial charge is 0.467 e. The van der Waals surface area contributed by atoms with Crippen LogP contribution in [-0.2, 0) is 9.53 Å². The summed E-state index contributed by atoms with van der Waals surface area (Å²) in [5.41, 5.74) is -0.919. The molecule has 7 heteroatoms. The first-order chi connectivity index (χ1) is 7.90. The summed E-state index contributed by atoms with van der Waals surface area (Å²) in [6, 6.07) is 1.64. The molecule has 7 nitrogen and oxygen atoms in total. The number of aromatic nitrogens is 1. The van der Waals surface area contributed by atoms with E-state index in [1.807, 2.05) is 0 Å². The predicted molar refractivity (Wildman–Crippen MR) is 58.8 cm³/mol. The van der Waals surface area contributed by atoms with E-state index >= 15 is 0 Å². The number of methoxy groups -OCH3 is 1. The number of hydrogen-bond donors (Lipinski definition) is 0. The summed E-state index contributed by atoms with van der Waals surface area (Å²) >= 11 is 0. The third-order valence-corrected chi connectivity index (χ3v) is 2.43. The lowest BCUT2D eigenvalue weighted by molar-refractivity contribution is -0.386. The van der Waals surface area contributed by atoms with Gasteiger partial charge in [-0.15, -0.1) is 0 Å². The SMILES string of the molecule is COC(=O)C(C)n1c(C)ccc([N+](=O)[O-])c1=O. The molecule has 1 unspecified atom stereocenters. The van der Waals surface area contributed by atoms with E-state index in [0.717, 1.165) is 10.6 Å². The Bertz CT molecular complexity index is 520. The minimum Gasteiger partial charge on any atom is -0.467 e. The van der Waals surface area contributed by atoms with E-state index in [4.69, 9.17) is 0 Å². The van der Waals surface area contributed by atoms with Crippen LogP contribution in [0.3, 0.4) is 0 Å². The van der Waals surface area contributed by atoms with Crippen LogP contribution in [0.25, 0.3) is 0 Å². The van der Waals surface area contributed by atoms with E-state index in [2.05, 4.69) is 4.74 Å². The highest BCUT2D eigenvalue weighted by Gasteiger charge is 2.23. The number of rotatable bonds is 3. The van der Waals surface area contributed by atoms with E-state index in [1.165, 1.54) is 20.1 Å². The first kappa shape index (κ1) is 12.9. The van der Waals surface area contributed by atoms with Crippen molar-refractivity contribution in [1.82, 2.24) is 4.57 Å². The second-order valence-electron chi connectivity index (χ2n) is 3.49. The summed E-state index contributed by atoms with van der Waals surface area (Å²) in [5, 5.41) is 10.6. The fourth-order valence-electron chi connectivity index (χ4n) is 1.53. The van der Waals surface area contributed by atoms with Crippen LogP contribution < -0.4 is 5.56 Å². The minimum atomic E-state index is -0.896. The molecular formula is C10H12N2O5. The number of pyridine rings is 1. The molecule has 1 rings (SSSR count). The summed E-state index contributed by atoms with van der Waals surface area (Å²) in [5.74, 6) is -0.629. The molecular weight excluding hydrogens is 228 g/mol. The average Bonchev–Trinajstić information content (AvgIpc) is 2.27. The lowest BCUT2D eigenvalue weighted by Gasteiger charge is -2.15. The fourth-order valence-corrected chi connectivity index (χ4v) is 1.53. The number of aryl methyl sites for hydroxylation is 1. The molecule has 0 radical (unpaired) electrons. The Morgan fingerprint density at radius 2 is 2.12 bits per heavy atom. The summed E-state index contributed by atoms with van der Waals surface area (Å²) in [6.45, 7) is 3.04. The van der Waals surface area contributed by atoms with Gasteiger partial charge in [-0.3, -0.25) is 19.5 Å². The van der Waals surface area contributed by atoms with Crippen molar-refractivity contribution in [2.75, 3.05) is 7.11 Å². The van der Waals surface area contributed by atoms with Gasteiger partial charge in [0.2, 0.25) is 0 Å². The van der Waals surface area contributed by atoms with Gasteiger partial charge in [0, 0.05) is 11.8 Å². The molecule has 0 aromatic carbocycles. The molecule has 0 aliphatic rings. The molecule has 0 amide bonds. The van der Waals surface area contributed by atoms with Gasteiger partial charge < -0.3 is 4.74 Å². The Labute approximate surface area is 96.8 Å².